The van der Waals surface area contributed by atoms with Crippen LogP contribution in [0.15, 0.2) is 34.5 Å². The van der Waals surface area contributed by atoms with Crippen molar-refractivity contribution in [2.45, 2.75) is 0 Å². The van der Waals surface area contributed by atoms with E-state index in [4.69, 9.17) is 12.2 Å². The van der Waals surface area contributed by atoms with E-state index in [1.165, 1.54) is 24.3 Å². The molecule has 0 fully saturated rings. The van der Waals surface area contributed by atoms with Crippen LogP contribution in [-0.4, -0.2) is 15.0 Å². The van der Waals surface area contributed by atoms with Gasteiger partial charge in [-0.25, -0.2) is 0 Å². The number of benzene rings is 1. The molecule has 0 saturated heterocycles. The lowest BCUT2D eigenvalue weighted by Gasteiger charge is -1.92. The van der Waals surface area contributed by atoms with Gasteiger partial charge in [0, 0.05) is 12.1 Å². The summed E-state index contributed by atoms with van der Waals surface area (Å²) in [5.41, 5.74) is 0.424. The largest absolute Gasteiger partial charge is 0.492 e. The third kappa shape index (κ3) is 2.76. The Balaban J connectivity index is 2.21. The van der Waals surface area contributed by atoms with Crippen LogP contribution in [0.3, 0.4) is 0 Å². The minimum Gasteiger partial charge on any atom is -0.492 e. The highest BCUT2D eigenvalue weighted by molar-refractivity contribution is 7.73. The molecule has 92 valence electrons. The van der Waals surface area contributed by atoms with Gasteiger partial charge in [0.05, 0.1) is 10.6 Å². The van der Waals surface area contributed by atoms with Crippen LogP contribution in [0.25, 0.3) is 0 Å². The molecule has 0 saturated carbocycles. The number of hydrogen-bond acceptors (Lipinski definition) is 7. The number of aromatic amines is 1. The van der Waals surface area contributed by atoms with E-state index >= 15 is 0 Å². The molecule has 9 heteroatoms. The van der Waals surface area contributed by atoms with Crippen molar-refractivity contribution in [2.24, 2.45) is 10.2 Å². The Morgan fingerprint density at radius 2 is 2.00 bits per heavy atom. The predicted octanol–water partition coefficient (Wildman–Crippen LogP) is 3.83. The van der Waals surface area contributed by atoms with Crippen molar-refractivity contribution in [1.82, 2.24) is 4.98 Å². The van der Waals surface area contributed by atoms with Gasteiger partial charge in [0.1, 0.15) is 0 Å². The summed E-state index contributed by atoms with van der Waals surface area (Å²) in [4.78, 5) is 12.5. The van der Waals surface area contributed by atoms with Crippen molar-refractivity contribution in [2.75, 3.05) is 0 Å². The molecular weight excluding hydrogens is 276 g/mol. The first-order valence-electron chi connectivity index (χ1n) is 4.64. The Morgan fingerprint density at radius 1 is 1.33 bits per heavy atom. The molecule has 2 N–H and O–H groups in total. The second-order valence-electron chi connectivity index (χ2n) is 3.14. The van der Waals surface area contributed by atoms with Crippen LogP contribution >= 0.6 is 23.6 Å². The number of thiazole rings is 1. The molecule has 0 aliphatic heterocycles. The topological polar surface area (TPSA) is 104 Å². The number of nitrogens with zero attached hydrogens (tertiary/aromatic N) is 3. The number of azo groups is 1. The van der Waals surface area contributed by atoms with Crippen LogP contribution in [0.5, 0.6) is 5.88 Å². The fraction of sp³-hybridized carbons (Fsp3) is 0. The molecular formula is C9H6N4O3S2. The van der Waals surface area contributed by atoms with Crippen molar-refractivity contribution in [3.8, 4) is 5.88 Å². The molecule has 0 spiro atoms. The van der Waals surface area contributed by atoms with Crippen LogP contribution in [0.4, 0.5) is 16.4 Å². The fourth-order valence-electron chi connectivity index (χ4n) is 1.12. The van der Waals surface area contributed by atoms with Gasteiger partial charge in [-0.05, 0) is 24.4 Å². The number of rotatable bonds is 3. The number of aromatic hydroxyl groups is 1. The van der Waals surface area contributed by atoms with E-state index in [0.717, 1.165) is 11.3 Å². The lowest BCUT2D eigenvalue weighted by atomic mass is 10.3. The normalized spacial score (nSPS) is 10.9. The molecule has 1 aromatic carbocycles. The predicted molar refractivity (Wildman–Crippen MR) is 68.4 cm³/mol. The van der Waals surface area contributed by atoms with E-state index in [2.05, 4.69) is 15.2 Å². The summed E-state index contributed by atoms with van der Waals surface area (Å²) in [6.07, 6.45) is 0. The van der Waals surface area contributed by atoms with Crippen molar-refractivity contribution < 1.29 is 10.0 Å². The van der Waals surface area contributed by atoms with Gasteiger partial charge < -0.3 is 10.1 Å². The first-order valence-corrected chi connectivity index (χ1v) is 5.87. The van der Waals surface area contributed by atoms with Crippen molar-refractivity contribution in [1.29, 1.82) is 0 Å². The molecule has 2 aromatic rings. The van der Waals surface area contributed by atoms with Crippen molar-refractivity contribution in [3.05, 3.63) is 38.3 Å². The maximum absolute atomic E-state index is 10.4. The summed E-state index contributed by atoms with van der Waals surface area (Å²) in [6.45, 7) is 0. The summed E-state index contributed by atoms with van der Waals surface area (Å²) >= 11 is 5.91. The zero-order valence-electron chi connectivity index (χ0n) is 8.73. The number of nitrogens with one attached hydrogen (secondary N) is 1. The van der Waals surface area contributed by atoms with E-state index < -0.39 is 4.92 Å². The SMILES string of the molecule is O=[N+]([O-])c1ccc(N=Nc2sc(=S)[nH]c2O)cc1. The Hall–Kier alpha value is -2.13. The van der Waals surface area contributed by atoms with E-state index in [-0.39, 0.29) is 16.6 Å². The number of non-ortho nitro benzene ring substituents is 1. The molecule has 1 heterocycles. The second kappa shape index (κ2) is 5.02. The molecule has 18 heavy (non-hydrogen) atoms. The molecule has 7 nitrogen and oxygen atoms in total. The fourth-order valence-corrected chi connectivity index (χ4v) is 2.01. The molecule has 1 aromatic heterocycles. The van der Waals surface area contributed by atoms with Gasteiger partial charge in [-0.15, -0.1) is 10.2 Å². The highest BCUT2D eigenvalue weighted by Gasteiger charge is 2.05. The molecule has 0 atom stereocenters. The summed E-state index contributed by atoms with van der Waals surface area (Å²) < 4.78 is 0.394. The van der Waals surface area contributed by atoms with Gasteiger partial charge in [-0.1, -0.05) is 11.3 Å². The van der Waals surface area contributed by atoms with E-state index in [1.807, 2.05) is 0 Å². The van der Waals surface area contributed by atoms with Crippen LogP contribution < -0.4 is 0 Å². The Morgan fingerprint density at radius 3 is 2.50 bits per heavy atom. The maximum atomic E-state index is 10.4. The Labute approximate surface area is 110 Å². The van der Waals surface area contributed by atoms with Crippen molar-refractivity contribution >= 4 is 39.9 Å². The van der Waals surface area contributed by atoms with Gasteiger partial charge in [0.2, 0.25) is 10.9 Å². The molecule has 0 amide bonds. The Bertz CT molecular complexity index is 659. The lowest BCUT2D eigenvalue weighted by molar-refractivity contribution is -0.384. The van der Waals surface area contributed by atoms with E-state index in [1.54, 1.807) is 0 Å². The molecule has 2 rings (SSSR count). The summed E-state index contributed by atoms with van der Waals surface area (Å²) in [5, 5.41) is 27.7. The number of hydrogen-bond donors (Lipinski definition) is 2. The molecule has 0 radical (unpaired) electrons. The minimum absolute atomic E-state index is 0.0194. The van der Waals surface area contributed by atoms with Crippen LogP contribution in [0, 0.1) is 14.1 Å². The zero-order valence-corrected chi connectivity index (χ0v) is 10.4. The number of aromatic nitrogens is 1. The molecule has 0 bridgehead atoms. The summed E-state index contributed by atoms with van der Waals surface area (Å²) in [6, 6.07) is 5.58. The molecule has 0 unspecified atom stereocenters. The summed E-state index contributed by atoms with van der Waals surface area (Å²) in [5.74, 6) is -0.143. The van der Waals surface area contributed by atoms with Gasteiger partial charge >= 0.3 is 0 Å². The van der Waals surface area contributed by atoms with Gasteiger partial charge in [-0.3, -0.25) is 10.1 Å². The van der Waals surface area contributed by atoms with E-state index in [9.17, 15) is 15.2 Å². The van der Waals surface area contributed by atoms with Crippen molar-refractivity contribution in [3.63, 3.8) is 0 Å². The van der Waals surface area contributed by atoms with Gasteiger partial charge in [-0.2, -0.15) is 0 Å². The third-order valence-electron chi connectivity index (χ3n) is 1.93. The van der Waals surface area contributed by atoms with Gasteiger partial charge in [0.15, 0.2) is 3.95 Å². The lowest BCUT2D eigenvalue weighted by Crippen LogP contribution is -1.85. The smallest absolute Gasteiger partial charge is 0.269 e. The number of nitro benzene ring substituents is 1. The van der Waals surface area contributed by atoms with E-state index in [0.29, 0.717) is 9.64 Å². The zero-order chi connectivity index (χ0) is 13.1. The first kappa shape index (κ1) is 12.3. The van der Waals surface area contributed by atoms with Gasteiger partial charge in [0.25, 0.3) is 5.69 Å². The highest BCUT2D eigenvalue weighted by Crippen LogP contribution is 2.32. The molecule has 0 aliphatic carbocycles. The third-order valence-corrected chi connectivity index (χ3v) is 3.04. The number of nitro groups is 1. The summed E-state index contributed by atoms with van der Waals surface area (Å²) in [7, 11) is 0. The highest BCUT2D eigenvalue weighted by atomic mass is 32.1. The number of H-pyrrole nitrogens is 1. The average molecular weight is 282 g/mol. The minimum atomic E-state index is -0.496. The van der Waals surface area contributed by atoms with Crippen LogP contribution in [-0.2, 0) is 0 Å². The average Bonchev–Trinajstić information content (AvgIpc) is 2.66. The second-order valence-corrected chi connectivity index (χ2v) is 4.81. The molecule has 0 aliphatic rings. The first-order chi connectivity index (χ1) is 8.56. The quantitative estimate of drug-likeness (QED) is 0.386. The maximum Gasteiger partial charge on any atom is 0.269 e. The standard InChI is InChI=1S/C9H6N4O3S2/c14-7-8(18-9(17)10-7)12-11-5-1-3-6(4-2-5)13(15)16/h1-4,14H,(H,10,17). The Kier molecular flexibility index (Phi) is 3.44. The van der Waals surface area contributed by atoms with Crippen LogP contribution in [0.2, 0.25) is 0 Å². The van der Waals surface area contributed by atoms with Crippen LogP contribution in [0.1, 0.15) is 0 Å². The monoisotopic (exact) mass is 282 g/mol.